The van der Waals surface area contributed by atoms with Crippen molar-refractivity contribution in [2.24, 2.45) is 0 Å². The van der Waals surface area contributed by atoms with Crippen LogP contribution in [0.4, 0.5) is 20.3 Å². The first-order valence-corrected chi connectivity index (χ1v) is 7.69. The zero-order valence-electron chi connectivity index (χ0n) is 13.0. The van der Waals surface area contributed by atoms with Crippen LogP contribution in [0.15, 0.2) is 48.5 Å². The highest BCUT2D eigenvalue weighted by Gasteiger charge is 2.17. The van der Waals surface area contributed by atoms with Crippen molar-refractivity contribution in [2.75, 3.05) is 10.6 Å². The molecule has 3 N–H and O–H groups in total. The van der Waals surface area contributed by atoms with E-state index in [0.717, 1.165) is 0 Å². The quantitative estimate of drug-likeness (QED) is 0.604. The van der Waals surface area contributed by atoms with Crippen LogP contribution >= 0.6 is 11.6 Å². The summed E-state index contributed by atoms with van der Waals surface area (Å²) in [5.74, 6) is -3.54. The number of carbonyl (C=O) groups is 2. The number of nitrogens with one attached hydrogen (secondary N) is 3. The van der Waals surface area contributed by atoms with Crippen LogP contribution < -0.4 is 10.6 Å². The fraction of sp³-hybridized carbons (Fsp3) is 0. The number of halogens is 3. The normalized spacial score (nSPS) is 10.4. The van der Waals surface area contributed by atoms with Crippen molar-refractivity contribution in [3.8, 4) is 0 Å². The highest BCUT2D eigenvalue weighted by atomic mass is 35.5. The number of amides is 2. The summed E-state index contributed by atoms with van der Waals surface area (Å²) in [6.07, 6.45) is 0. The van der Waals surface area contributed by atoms with Gasteiger partial charge in [-0.2, -0.15) is 5.10 Å². The van der Waals surface area contributed by atoms with E-state index in [-0.39, 0.29) is 22.1 Å². The second-order valence-electron chi connectivity index (χ2n) is 5.19. The van der Waals surface area contributed by atoms with E-state index < -0.39 is 23.4 Å². The van der Waals surface area contributed by atoms with Crippen molar-refractivity contribution in [3.63, 3.8) is 0 Å². The first kappa shape index (κ1) is 17.6. The van der Waals surface area contributed by atoms with Crippen molar-refractivity contribution in [1.82, 2.24) is 10.2 Å². The molecule has 0 unspecified atom stereocenters. The third-order valence-electron chi connectivity index (χ3n) is 3.34. The van der Waals surface area contributed by atoms with Gasteiger partial charge >= 0.3 is 0 Å². The van der Waals surface area contributed by atoms with Crippen LogP contribution in [0, 0.1) is 11.6 Å². The number of nitrogens with zero attached hydrogens (tertiary/aromatic N) is 1. The van der Waals surface area contributed by atoms with Crippen LogP contribution in [0.1, 0.15) is 20.8 Å². The maximum absolute atomic E-state index is 13.3. The number of hydrogen-bond acceptors (Lipinski definition) is 3. The van der Waals surface area contributed by atoms with Gasteiger partial charge in [0.1, 0.15) is 5.82 Å². The minimum absolute atomic E-state index is 0.0283. The molecule has 1 heterocycles. The molecule has 132 valence electrons. The van der Waals surface area contributed by atoms with Gasteiger partial charge < -0.3 is 10.6 Å². The second kappa shape index (κ2) is 7.32. The monoisotopic (exact) mass is 376 g/mol. The molecule has 0 aliphatic carbocycles. The maximum atomic E-state index is 13.3. The molecule has 26 heavy (non-hydrogen) atoms. The van der Waals surface area contributed by atoms with E-state index in [1.807, 2.05) is 0 Å². The molecule has 3 rings (SSSR count). The molecule has 0 fully saturated rings. The highest BCUT2D eigenvalue weighted by Crippen LogP contribution is 2.21. The van der Waals surface area contributed by atoms with E-state index in [1.165, 1.54) is 6.07 Å². The standard InChI is InChI=1S/C17H11ClF2N4O2/c18-11-7-13(20)12(19)6-10(11)16(25)22-15-8-14(23-24-15)17(26)21-9-4-2-1-3-5-9/h1-8H,(H,21,26)(H2,22,23,24,25). The minimum atomic E-state index is -1.20. The molecule has 0 radical (unpaired) electrons. The van der Waals surface area contributed by atoms with Gasteiger partial charge in [-0.15, -0.1) is 0 Å². The predicted molar refractivity (Wildman–Crippen MR) is 92.3 cm³/mol. The molecule has 0 saturated heterocycles. The van der Waals surface area contributed by atoms with E-state index >= 15 is 0 Å². The fourth-order valence-corrected chi connectivity index (χ4v) is 2.34. The molecule has 2 amide bonds. The summed E-state index contributed by atoms with van der Waals surface area (Å²) in [5, 5.41) is 11.0. The zero-order valence-corrected chi connectivity index (χ0v) is 13.8. The number of carbonyl (C=O) groups excluding carboxylic acids is 2. The average Bonchev–Trinajstić information content (AvgIpc) is 3.07. The molecule has 0 aliphatic heterocycles. The summed E-state index contributed by atoms with van der Waals surface area (Å²) in [4.78, 5) is 24.2. The molecule has 1 aromatic heterocycles. The summed E-state index contributed by atoms with van der Waals surface area (Å²) < 4.78 is 26.4. The molecule has 0 aliphatic rings. The molecule has 2 aromatic carbocycles. The lowest BCUT2D eigenvalue weighted by Gasteiger charge is -2.05. The Balaban J connectivity index is 1.71. The van der Waals surface area contributed by atoms with Gasteiger partial charge in [-0.25, -0.2) is 8.78 Å². The summed E-state index contributed by atoms with van der Waals surface area (Å²) in [6.45, 7) is 0. The Kier molecular flexibility index (Phi) is 4.94. The Morgan fingerprint density at radius 2 is 1.65 bits per heavy atom. The Morgan fingerprint density at radius 3 is 2.38 bits per heavy atom. The number of H-pyrrole nitrogens is 1. The van der Waals surface area contributed by atoms with Crippen molar-refractivity contribution in [2.45, 2.75) is 0 Å². The van der Waals surface area contributed by atoms with Gasteiger partial charge in [0.05, 0.1) is 10.6 Å². The number of hydrogen-bond donors (Lipinski definition) is 3. The van der Waals surface area contributed by atoms with Gasteiger partial charge in [-0.05, 0) is 24.3 Å². The lowest BCUT2D eigenvalue weighted by atomic mass is 10.2. The van der Waals surface area contributed by atoms with E-state index in [2.05, 4.69) is 20.8 Å². The first-order valence-electron chi connectivity index (χ1n) is 7.32. The topological polar surface area (TPSA) is 86.9 Å². The SMILES string of the molecule is O=C(Nc1ccccc1)c1cc(NC(=O)c2cc(F)c(F)cc2Cl)[nH]n1. The number of rotatable bonds is 4. The summed E-state index contributed by atoms with van der Waals surface area (Å²) in [7, 11) is 0. The van der Waals surface area contributed by atoms with Crippen LogP contribution in [-0.4, -0.2) is 22.0 Å². The van der Waals surface area contributed by atoms with Crippen LogP contribution in [0.5, 0.6) is 0 Å². The molecular weight excluding hydrogens is 366 g/mol. The minimum Gasteiger partial charge on any atom is -0.321 e. The highest BCUT2D eigenvalue weighted by molar-refractivity contribution is 6.34. The van der Waals surface area contributed by atoms with Crippen LogP contribution in [0.2, 0.25) is 5.02 Å². The molecule has 9 heteroatoms. The largest absolute Gasteiger partial charge is 0.321 e. The Hall–Kier alpha value is -3.26. The van der Waals surface area contributed by atoms with E-state index in [1.54, 1.807) is 30.3 Å². The van der Waals surface area contributed by atoms with Crippen LogP contribution in [0.3, 0.4) is 0 Å². The maximum Gasteiger partial charge on any atom is 0.276 e. The van der Waals surface area contributed by atoms with Gasteiger partial charge in [0.25, 0.3) is 11.8 Å². The van der Waals surface area contributed by atoms with Crippen molar-refractivity contribution in [1.29, 1.82) is 0 Å². The average molecular weight is 377 g/mol. The Labute approximate surface area is 151 Å². The van der Waals surface area contributed by atoms with E-state index in [4.69, 9.17) is 11.6 Å². The third kappa shape index (κ3) is 3.86. The van der Waals surface area contributed by atoms with Crippen molar-refractivity contribution >= 4 is 34.9 Å². The molecule has 6 nitrogen and oxygen atoms in total. The van der Waals surface area contributed by atoms with Crippen molar-refractivity contribution in [3.05, 3.63) is 76.4 Å². The first-order chi connectivity index (χ1) is 12.4. The summed E-state index contributed by atoms with van der Waals surface area (Å²) >= 11 is 5.75. The Bertz CT molecular complexity index is 976. The summed E-state index contributed by atoms with van der Waals surface area (Å²) in [6, 6.07) is 11.4. The predicted octanol–water partition coefficient (Wildman–Crippen LogP) is 3.85. The van der Waals surface area contributed by atoms with Gasteiger partial charge in [0.15, 0.2) is 17.3 Å². The summed E-state index contributed by atoms with van der Waals surface area (Å²) in [5.41, 5.74) is 0.357. The number of aromatic nitrogens is 2. The number of para-hydroxylation sites is 1. The second-order valence-corrected chi connectivity index (χ2v) is 5.59. The van der Waals surface area contributed by atoms with Gasteiger partial charge in [-0.1, -0.05) is 29.8 Å². The number of benzene rings is 2. The number of aromatic amines is 1. The fourth-order valence-electron chi connectivity index (χ4n) is 2.10. The van der Waals surface area contributed by atoms with Gasteiger partial charge in [-0.3, -0.25) is 14.7 Å². The zero-order chi connectivity index (χ0) is 18.7. The van der Waals surface area contributed by atoms with Gasteiger partial charge in [0, 0.05) is 11.8 Å². The van der Waals surface area contributed by atoms with Gasteiger partial charge in [0.2, 0.25) is 0 Å². The number of anilines is 2. The van der Waals surface area contributed by atoms with Crippen LogP contribution in [0.25, 0.3) is 0 Å². The van der Waals surface area contributed by atoms with E-state index in [9.17, 15) is 18.4 Å². The lowest BCUT2D eigenvalue weighted by molar-refractivity contribution is 0.101. The molecule has 0 bridgehead atoms. The molecular formula is C17H11ClF2N4O2. The molecule has 0 saturated carbocycles. The lowest BCUT2D eigenvalue weighted by Crippen LogP contribution is -2.14. The van der Waals surface area contributed by atoms with Crippen molar-refractivity contribution < 1.29 is 18.4 Å². The van der Waals surface area contributed by atoms with E-state index in [0.29, 0.717) is 17.8 Å². The molecule has 0 atom stereocenters. The van der Waals surface area contributed by atoms with Crippen LogP contribution in [-0.2, 0) is 0 Å². The molecule has 3 aromatic rings. The molecule has 0 spiro atoms. The smallest absolute Gasteiger partial charge is 0.276 e. The Morgan fingerprint density at radius 1 is 0.962 bits per heavy atom. The third-order valence-corrected chi connectivity index (χ3v) is 3.66.